The van der Waals surface area contributed by atoms with Crippen LogP contribution >= 0.6 is 11.3 Å². The van der Waals surface area contributed by atoms with E-state index >= 15 is 0 Å². The van der Waals surface area contributed by atoms with E-state index in [0.29, 0.717) is 17.5 Å². The summed E-state index contributed by atoms with van der Waals surface area (Å²) in [6.45, 7) is 0. The van der Waals surface area contributed by atoms with Crippen LogP contribution in [0.2, 0.25) is 0 Å². The molecule has 0 radical (unpaired) electrons. The lowest BCUT2D eigenvalue weighted by molar-refractivity contribution is 0.668. The van der Waals surface area contributed by atoms with E-state index < -0.39 is 0 Å². The summed E-state index contributed by atoms with van der Waals surface area (Å²) in [5, 5.41) is 9.20. The first-order valence-corrected chi connectivity index (χ1v) is 22.6. The molecule has 14 rings (SSSR count). The number of fused-ring (bicyclic) bond motifs is 13. The molecule has 4 aromatic heterocycles. The Labute approximate surface area is 370 Å². The van der Waals surface area contributed by atoms with Crippen LogP contribution in [-0.2, 0) is 6.42 Å². The standard InChI is InChI=1S/C58H35N3O2S/c1-2-12-34-28-44-35(27-33(34)11-1)21-24-40(38-13-3-4-14-39(38)44)45-31-47-42-16-6-9-19-51(42)63-53(47)32-49(45)58-60-56(36-22-25-52-46(29-36)41-15-5-8-18-50(41)62-52)59-57(61-58)37-23-26-55-48(30-37)43-17-7-10-20-54(43)64-55/h1-20,22-23,25-32,40H,21,24H2. The third kappa shape index (κ3) is 5.52. The van der Waals surface area contributed by atoms with Gasteiger partial charge in [0.25, 0.3) is 0 Å². The Morgan fingerprint density at radius 3 is 1.80 bits per heavy atom. The highest BCUT2D eigenvalue weighted by atomic mass is 32.1. The molecule has 0 N–H and O–H groups in total. The van der Waals surface area contributed by atoms with Crippen LogP contribution in [0.15, 0.2) is 191 Å². The molecule has 0 saturated heterocycles. The van der Waals surface area contributed by atoms with E-state index in [0.717, 1.165) is 73.4 Å². The molecular weight excluding hydrogens is 803 g/mol. The largest absolute Gasteiger partial charge is 0.456 e. The van der Waals surface area contributed by atoms with E-state index in [-0.39, 0.29) is 5.92 Å². The maximum absolute atomic E-state index is 6.66. The number of aromatic nitrogens is 3. The second-order valence-electron chi connectivity index (χ2n) is 17.0. The Bertz CT molecular complexity index is 3930. The first kappa shape index (κ1) is 35.6. The number of rotatable bonds is 4. The highest BCUT2D eigenvalue weighted by Crippen LogP contribution is 2.47. The fourth-order valence-corrected chi connectivity index (χ4v) is 11.4. The summed E-state index contributed by atoms with van der Waals surface area (Å²) in [5.74, 6) is 1.85. The molecule has 5 nitrogen and oxygen atoms in total. The molecule has 0 aliphatic heterocycles. The van der Waals surface area contributed by atoms with Crippen LogP contribution in [0.4, 0.5) is 0 Å². The number of hydrogen-bond donors (Lipinski definition) is 0. The minimum absolute atomic E-state index is 0.0330. The molecule has 1 aliphatic rings. The maximum atomic E-state index is 6.66. The van der Waals surface area contributed by atoms with Gasteiger partial charge in [0.15, 0.2) is 17.5 Å². The summed E-state index contributed by atoms with van der Waals surface area (Å²) in [4.78, 5) is 16.2. The van der Waals surface area contributed by atoms with Crippen molar-refractivity contribution in [1.82, 2.24) is 15.0 Å². The van der Waals surface area contributed by atoms with Crippen molar-refractivity contribution in [2.24, 2.45) is 0 Å². The number of furan rings is 2. The summed E-state index contributed by atoms with van der Waals surface area (Å²) in [6.07, 6.45) is 1.83. The topological polar surface area (TPSA) is 65.0 Å². The summed E-state index contributed by atoms with van der Waals surface area (Å²) in [6, 6.07) is 65.0. The first-order chi connectivity index (χ1) is 31.7. The monoisotopic (exact) mass is 837 g/mol. The van der Waals surface area contributed by atoms with E-state index in [1.165, 1.54) is 58.8 Å². The fourth-order valence-electron chi connectivity index (χ4n) is 10.3. The Balaban J connectivity index is 1.03. The van der Waals surface area contributed by atoms with Gasteiger partial charge in [0.1, 0.15) is 22.3 Å². The minimum Gasteiger partial charge on any atom is -0.456 e. The van der Waals surface area contributed by atoms with Gasteiger partial charge in [0, 0.05) is 64.3 Å². The molecule has 64 heavy (non-hydrogen) atoms. The molecule has 1 unspecified atom stereocenters. The fraction of sp³-hybridized carbons (Fsp3) is 0.0517. The highest BCUT2D eigenvalue weighted by molar-refractivity contribution is 7.25. The van der Waals surface area contributed by atoms with Crippen molar-refractivity contribution in [2.45, 2.75) is 18.8 Å². The molecule has 9 aromatic carbocycles. The Morgan fingerprint density at radius 1 is 0.391 bits per heavy atom. The minimum atomic E-state index is 0.0330. The van der Waals surface area contributed by atoms with Crippen LogP contribution in [0.1, 0.15) is 29.0 Å². The van der Waals surface area contributed by atoms with Gasteiger partial charge in [0.2, 0.25) is 0 Å². The molecule has 13 aromatic rings. The second kappa shape index (κ2) is 13.8. The van der Waals surface area contributed by atoms with Gasteiger partial charge >= 0.3 is 0 Å². The van der Waals surface area contributed by atoms with Crippen molar-refractivity contribution in [3.63, 3.8) is 0 Å². The van der Waals surface area contributed by atoms with Gasteiger partial charge in [-0.1, -0.05) is 109 Å². The van der Waals surface area contributed by atoms with Crippen LogP contribution in [0.25, 0.3) is 120 Å². The molecule has 1 aliphatic carbocycles. The van der Waals surface area contributed by atoms with Crippen LogP contribution in [0, 0.1) is 0 Å². The number of hydrogen-bond acceptors (Lipinski definition) is 6. The lowest BCUT2D eigenvalue weighted by Gasteiger charge is -2.22. The van der Waals surface area contributed by atoms with E-state index in [1.54, 1.807) is 0 Å². The Kier molecular flexibility index (Phi) is 7.68. The maximum Gasteiger partial charge on any atom is 0.164 e. The molecule has 6 heteroatoms. The summed E-state index contributed by atoms with van der Waals surface area (Å²) >= 11 is 1.81. The third-order valence-electron chi connectivity index (χ3n) is 13.4. The quantitative estimate of drug-likeness (QED) is 0.177. The zero-order valence-electron chi connectivity index (χ0n) is 34.4. The number of para-hydroxylation sites is 2. The highest BCUT2D eigenvalue weighted by Gasteiger charge is 2.29. The number of nitrogens with zero attached hydrogens (tertiary/aromatic N) is 3. The van der Waals surface area contributed by atoms with Gasteiger partial charge in [0.05, 0.1) is 0 Å². The van der Waals surface area contributed by atoms with E-state index in [9.17, 15) is 0 Å². The molecular formula is C58H35N3O2S. The smallest absolute Gasteiger partial charge is 0.164 e. The second-order valence-corrected chi connectivity index (χ2v) is 18.1. The normalized spacial score (nSPS) is 14.0. The number of aryl methyl sites for hydroxylation is 1. The predicted octanol–water partition coefficient (Wildman–Crippen LogP) is 15.9. The van der Waals surface area contributed by atoms with Gasteiger partial charge < -0.3 is 8.83 Å². The van der Waals surface area contributed by atoms with Crippen molar-refractivity contribution < 1.29 is 8.83 Å². The van der Waals surface area contributed by atoms with Crippen molar-refractivity contribution in [3.05, 3.63) is 199 Å². The average Bonchev–Trinajstić information content (AvgIpc) is 4.01. The molecule has 0 saturated carbocycles. The summed E-state index contributed by atoms with van der Waals surface area (Å²) in [5.41, 5.74) is 12.5. The molecule has 0 bridgehead atoms. The SMILES string of the molecule is c1ccc2c(c1)-c1cc3ccccc3cc1CCC2c1cc2c(cc1-c1nc(-c3ccc4oc5ccccc5c4c3)nc(-c3ccc4sc5ccccc5c4c3)n1)oc1ccccc12. The van der Waals surface area contributed by atoms with Gasteiger partial charge in [-0.05, 0) is 124 Å². The Hall–Kier alpha value is -7.93. The first-order valence-electron chi connectivity index (χ1n) is 21.8. The number of benzene rings is 9. The zero-order chi connectivity index (χ0) is 41.9. The third-order valence-corrected chi connectivity index (χ3v) is 14.5. The lowest BCUT2D eigenvalue weighted by atomic mass is 9.82. The summed E-state index contributed by atoms with van der Waals surface area (Å²) < 4.78 is 15.4. The molecule has 0 amide bonds. The van der Waals surface area contributed by atoms with Gasteiger partial charge in [-0.25, -0.2) is 15.0 Å². The molecule has 300 valence electrons. The van der Waals surface area contributed by atoms with Crippen molar-refractivity contribution in [1.29, 1.82) is 0 Å². The van der Waals surface area contributed by atoms with Crippen LogP contribution in [0.5, 0.6) is 0 Å². The van der Waals surface area contributed by atoms with Crippen molar-refractivity contribution in [3.8, 4) is 45.3 Å². The Morgan fingerprint density at radius 2 is 0.984 bits per heavy atom. The van der Waals surface area contributed by atoms with Crippen LogP contribution in [-0.4, -0.2) is 15.0 Å². The lowest BCUT2D eigenvalue weighted by Crippen LogP contribution is -2.07. The van der Waals surface area contributed by atoms with Crippen LogP contribution in [0.3, 0.4) is 0 Å². The van der Waals surface area contributed by atoms with Crippen molar-refractivity contribution in [2.75, 3.05) is 0 Å². The molecule has 4 heterocycles. The molecule has 0 spiro atoms. The van der Waals surface area contributed by atoms with Crippen LogP contribution < -0.4 is 0 Å². The zero-order valence-corrected chi connectivity index (χ0v) is 35.2. The predicted molar refractivity (Wildman–Crippen MR) is 263 cm³/mol. The van der Waals surface area contributed by atoms with Gasteiger partial charge in [-0.2, -0.15) is 0 Å². The van der Waals surface area contributed by atoms with E-state index in [1.807, 2.05) is 35.6 Å². The van der Waals surface area contributed by atoms with Crippen molar-refractivity contribution >= 4 is 86.2 Å². The molecule has 1 atom stereocenters. The number of thiophene rings is 1. The van der Waals surface area contributed by atoms with E-state index in [2.05, 4.69) is 158 Å². The van der Waals surface area contributed by atoms with Gasteiger partial charge in [-0.3, -0.25) is 0 Å². The molecule has 0 fully saturated rings. The van der Waals surface area contributed by atoms with Gasteiger partial charge in [-0.15, -0.1) is 11.3 Å². The summed E-state index contributed by atoms with van der Waals surface area (Å²) in [7, 11) is 0. The van der Waals surface area contributed by atoms with E-state index in [4.69, 9.17) is 23.8 Å². The average molecular weight is 838 g/mol.